The Kier molecular flexibility index (Phi) is 4.58. The molecule has 1 heterocycles. The maximum absolute atomic E-state index is 12.3. The van der Waals surface area contributed by atoms with Crippen LogP contribution in [0.5, 0.6) is 0 Å². The molecule has 0 radical (unpaired) electrons. The van der Waals surface area contributed by atoms with Gasteiger partial charge >= 0.3 is 0 Å². The third-order valence-corrected chi connectivity index (χ3v) is 5.03. The molecule has 138 valence electrons. The number of rotatable bonds is 7. The van der Waals surface area contributed by atoms with E-state index in [1.165, 1.54) is 5.56 Å². The minimum absolute atomic E-state index is 0.0128. The molecule has 1 fully saturated rings. The van der Waals surface area contributed by atoms with Crippen LogP contribution in [0.25, 0.3) is 5.69 Å². The van der Waals surface area contributed by atoms with E-state index in [0.29, 0.717) is 12.4 Å². The van der Waals surface area contributed by atoms with Gasteiger partial charge in [-0.2, -0.15) is 4.68 Å². The predicted octanol–water partition coefficient (Wildman–Crippen LogP) is 2.23. The third kappa shape index (κ3) is 3.81. The van der Waals surface area contributed by atoms with E-state index in [0.717, 1.165) is 24.2 Å². The molecule has 2 N–H and O–H groups in total. The highest BCUT2D eigenvalue weighted by atomic mass is 16.1. The molecular formula is C20H22N6O. The Morgan fingerprint density at radius 1 is 1.15 bits per heavy atom. The second kappa shape index (κ2) is 7.19. The Bertz CT molecular complexity index is 932. The molecule has 0 aliphatic heterocycles. The van der Waals surface area contributed by atoms with Crippen LogP contribution in [0.2, 0.25) is 0 Å². The molecule has 7 heteroatoms. The van der Waals surface area contributed by atoms with Crippen LogP contribution in [0.4, 0.5) is 5.69 Å². The SMILES string of the molecule is Cc1nnnn1-c1cccc(NCC(=O)NCC2(c3ccccc3)CC2)c1. The standard InChI is InChI=1S/C20H22N6O/c1-15-23-24-25-26(15)18-9-5-8-17(12-18)21-13-19(27)22-14-20(10-11-20)16-6-3-2-4-7-16/h2-9,12,21H,10-11,13-14H2,1H3,(H,22,27). The van der Waals surface area contributed by atoms with Gasteiger partial charge in [0.05, 0.1) is 12.2 Å². The average molecular weight is 362 g/mol. The van der Waals surface area contributed by atoms with Crippen LogP contribution in [-0.4, -0.2) is 39.2 Å². The molecule has 7 nitrogen and oxygen atoms in total. The summed E-state index contributed by atoms with van der Waals surface area (Å²) < 4.78 is 1.65. The van der Waals surface area contributed by atoms with Gasteiger partial charge in [-0.05, 0) is 54.0 Å². The molecule has 1 amide bonds. The van der Waals surface area contributed by atoms with Crippen LogP contribution in [0.1, 0.15) is 24.2 Å². The van der Waals surface area contributed by atoms with Gasteiger partial charge in [-0.25, -0.2) is 0 Å². The number of anilines is 1. The summed E-state index contributed by atoms with van der Waals surface area (Å²) in [7, 11) is 0. The van der Waals surface area contributed by atoms with Gasteiger partial charge in [0.15, 0.2) is 5.82 Å². The molecule has 0 saturated heterocycles. The van der Waals surface area contributed by atoms with E-state index in [1.54, 1.807) is 4.68 Å². The Labute approximate surface area is 157 Å². The van der Waals surface area contributed by atoms with Gasteiger partial charge in [-0.15, -0.1) is 5.10 Å². The van der Waals surface area contributed by atoms with Gasteiger partial charge in [0.2, 0.25) is 5.91 Å². The Balaban J connectivity index is 1.32. The molecule has 3 aromatic rings. The van der Waals surface area contributed by atoms with Crippen molar-refractivity contribution < 1.29 is 4.79 Å². The largest absolute Gasteiger partial charge is 0.376 e. The monoisotopic (exact) mass is 362 g/mol. The highest BCUT2D eigenvalue weighted by molar-refractivity contribution is 5.81. The first-order valence-electron chi connectivity index (χ1n) is 9.08. The number of carbonyl (C=O) groups excluding carboxylic acids is 1. The van der Waals surface area contributed by atoms with Crippen molar-refractivity contribution in [1.29, 1.82) is 0 Å². The number of carbonyl (C=O) groups is 1. The summed E-state index contributed by atoms with van der Waals surface area (Å²) in [5, 5.41) is 17.7. The number of nitrogens with one attached hydrogen (secondary N) is 2. The molecule has 0 spiro atoms. The van der Waals surface area contributed by atoms with Crippen molar-refractivity contribution in [2.75, 3.05) is 18.4 Å². The zero-order valence-electron chi connectivity index (χ0n) is 15.2. The number of aromatic nitrogens is 4. The summed E-state index contributed by atoms with van der Waals surface area (Å²) in [6.45, 7) is 2.75. The highest BCUT2D eigenvalue weighted by Crippen LogP contribution is 2.47. The van der Waals surface area contributed by atoms with Crippen LogP contribution < -0.4 is 10.6 Å². The summed E-state index contributed by atoms with van der Waals surface area (Å²) in [5.41, 5.74) is 3.13. The zero-order valence-corrected chi connectivity index (χ0v) is 15.2. The predicted molar refractivity (Wildman–Crippen MR) is 103 cm³/mol. The molecule has 4 rings (SSSR count). The fraction of sp³-hybridized carbons (Fsp3) is 0.300. The molecular weight excluding hydrogens is 340 g/mol. The second-order valence-electron chi connectivity index (χ2n) is 6.96. The number of amides is 1. The number of nitrogens with zero attached hydrogens (tertiary/aromatic N) is 4. The number of aryl methyl sites for hydroxylation is 1. The maximum atomic E-state index is 12.3. The Hall–Kier alpha value is -3.22. The van der Waals surface area contributed by atoms with Crippen molar-refractivity contribution in [3.8, 4) is 5.69 Å². The van der Waals surface area contributed by atoms with Gasteiger partial charge < -0.3 is 10.6 Å². The van der Waals surface area contributed by atoms with Gasteiger partial charge in [-0.1, -0.05) is 36.4 Å². The first kappa shape index (κ1) is 17.2. The lowest BCUT2D eigenvalue weighted by Gasteiger charge is -2.17. The summed E-state index contributed by atoms with van der Waals surface area (Å²) >= 11 is 0. The average Bonchev–Trinajstić information content (AvgIpc) is 3.39. The number of hydrogen-bond acceptors (Lipinski definition) is 5. The number of tetrazole rings is 1. The van der Waals surface area contributed by atoms with Crippen molar-refractivity contribution in [1.82, 2.24) is 25.5 Å². The van der Waals surface area contributed by atoms with Crippen LogP contribution in [0, 0.1) is 6.92 Å². The van der Waals surface area contributed by atoms with Gasteiger partial charge in [0.1, 0.15) is 0 Å². The fourth-order valence-corrected chi connectivity index (χ4v) is 3.24. The summed E-state index contributed by atoms with van der Waals surface area (Å²) in [5.74, 6) is 0.696. The zero-order chi connectivity index (χ0) is 18.7. The first-order chi connectivity index (χ1) is 13.2. The normalized spacial score (nSPS) is 14.6. The van der Waals surface area contributed by atoms with E-state index in [9.17, 15) is 4.79 Å². The summed E-state index contributed by atoms with van der Waals surface area (Å²) in [6.07, 6.45) is 2.25. The van der Waals surface area contributed by atoms with Crippen molar-refractivity contribution in [3.05, 3.63) is 66.0 Å². The number of benzene rings is 2. The van der Waals surface area contributed by atoms with Crippen LogP contribution in [0.3, 0.4) is 0 Å². The minimum Gasteiger partial charge on any atom is -0.376 e. The lowest BCUT2D eigenvalue weighted by Crippen LogP contribution is -2.35. The van der Waals surface area contributed by atoms with E-state index >= 15 is 0 Å². The Morgan fingerprint density at radius 2 is 1.96 bits per heavy atom. The number of hydrogen-bond donors (Lipinski definition) is 2. The molecule has 0 atom stereocenters. The fourth-order valence-electron chi connectivity index (χ4n) is 3.24. The van der Waals surface area contributed by atoms with Crippen molar-refractivity contribution in [3.63, 3.8) is 0 Å². The van der Waals surface area contributed by atoms with E-state index in [2.05, 4.69) is 50.4 Å². The maximum Gasteiger partial charge on any atom is 0.239 e. The molecule has 1 saturated carbocycles. The van der Waals surface area contributed by atoms with Crippen molar-refractivity contribution >= 4 is 11.6 Å². The van der Waals surface area contributed by atoms with Crippen molar-refractivity contribution in [2.24, 2.45) is 0 Å². The van der Waals surface area contributed by atoms with E-state index in [1.807, 2.05) is 37.3 Å². The van der Waals surface area contributed by atoms with Crippen molar-refractivity contribution in [2.45, 2.75) is 25.2 Å². The van der Waals surface area contributed by atoms with Gasteiger partial charge in [0, 0.05) is 17.6 Å². The third-order valence-electron chi connectivity index (χ3n) is 5.03. The van der Waals surface area contributed by atoms with Gasteiger partial charge in [0.25, 0.3) is 0 Å². The lowest BCUT2D eigenvalue weighted by molar-refractivity contribution is -0.119. The van der Waals surface area contributed by atoms with Crippen LogP contribution in [0.15, 0.2) is 54.6 Å². The second-order valence-corrected chi connectivity index (χ2v) is 6.96. The Morgan fingerprint density at radius 3 is 2.67 bits per heavy atom. The summed E-state index contributed by atoms with van der Waals surface area (Å²) in [4.78, 5) is 12.3. The molecule has 0 unspecified atom stereocenters. The van der Waals surface area contributed by atoms with E-state index < -0.39 is 0 Å². The van der Waals surface area contributed by atoms with E-state index in [4.69, 9.17) is 0 Å². The minimum atomic E-state index is -0.0128. The smallest absolute Gasteiger partial charge is 0.239 e. The lowest BCUT2D eigenvalue weighted by atomic mass is 9.96. The molecule has 1 aliphatic carbocycles. The molecule has 2 aromatic carbocycles. The summed E-state index contributed by atoms with van der Waals surface area (Å²) in [6, 6.07) is 18.1. The highest BCUT2D eigenvalue weighted by Gasteiger charge is 2.44. The van der Waals surface area contributed by atoms with E-state index in [-0.39, 0.29) is 17.9 Å². The topological polar surface area (TPSA) is 84.7 Å². The first-order valence-corrected chi connectivity index (χ1v) is 9.08. The molecule has 27 heavy (non-hydrogen) atoms. The van der Waals surface area contributed by atoms with Gasteiger partial charge in [-0.3, -0.25) is 4.79 Å². The molecule has 1 aromatic heterocycles. The quantitative estimate of drug-likeness (QED) is 0.673. The molecule has 0 bridgehead atoms. The van der Waals surface area contributed by atoms with Crippen LogP contribution in [-0.2, 0) is 10.2 Å². The molecule has 1 aliphatic rings. The van der Waals surface area contributed by atoms with Crippen LogP contribution >= 0.6 is 0 Å².